The van der Waals surface area contributed by atoms with E-state index >= 15 is 0 Å². The zero-order chi connectivity index (χ0) is 30.4. The van der Waals surface area contributed by atoms with Crippen molar-refractivity contribution in [3.8, 4) is 17.0 Å². The van der Waals surface area contributed by atoms with E-state index < -0.39 is 6.09 Å². The molecule has 6 rings (SSSR count). The lowest BCUT2D eigenvalue weighted by Crippen LogP contribution is -2.43. The number of aryl methyl sites for hydroxylation is 1. The largest absolute Gasteiger partial charge is 0.508 e. The zero-order valence-corrected chi connectivity index (χ0v) is 25.0. The first-order valence-electron chi connectivity index (χ1n) is 14.2. The fraction of sp³-hybridized carbons (Fsp3) is 0.273. The van der Waals surface area contributed by atoms with Crippen molar-refractivity contribution in [3.05, 3.63) is 98.4 Å². The highest BCUT2D eigenvalue weighted by atomic mass is 32.1. The van der Waals surface area contributed by atoms with Crippen molar-refractivity contribution in [2.24, 2.45) is 0 Å². The molecule has 0 spiro atoms. The van der Waals surface area contributed by atoms with Gasteiger partial charge in [-0.25, -0.2) is 9.78 Å². The molecule has 2 aliphatic heterocycles. The van der Waals surface area contributed by atoms with Crippen LogP contribution in [0.25, 0.3) is 11.3 Å². The summed E-state index contributed by atoms with van der Waals surface area (Å²) in [5.74, 6) is -0.331. The minimum absolute atomic E-state index is 0.0329. The van der Waals surface area contributed by atoms with Gasteiger partial charge in [-0.05, 0) is 85.3 Å². The Morgan fingerprint density at radius 1 is 0.977 bits per heavy atom. The van der Waals surface area contributed by atoms with Crippen molar-refractivity contribution in [1.82, 2.24) is 14.8 Å². The van der Waals surface area contributed by atoms with Crippen LogP contribution in [-0.4, -0.2) is 62.5 Å². The molecule has 0 aliphatic carbocycles. The van der Waals surface area contributed by atoms with Gasteiger partial charge in [0.05, 0.1) is 5.69 Å². The maximum Gasteiger partial charge on any atom is 0.407 e. The first-order chi connectivity index (χ1) is 20.6. The molecule has 0 saturated carbocycles. The normalized spacial score (nSPS) is 15.9. The number of fused-ring (bicyclic) bond motifs is 2. The van der Waals surface area contributed by atoms with Gasteiger partial charge in [-0.15, -0.1) is 11.3 Å². The Morgan fingerprint density at radius 2 is 1.70 bits per heavy atom. The minimum Gasteiger partial charge on any atom is -0.508 e. The second-order valence-electron chi connectivity index (χ2n) is 11.2. The summed E-state index contributed by atoms with van der Waals surface area (Å²) in [6, 6.07) is 18.3. The van der Waals surface area contributed by atoms with Crippen LogP contribution in [-0.2, 0) is 25.9 Å². The van der Waals surface area contributed by atoms with Crippen molar-refractivity contribution >= 4 is 34.9 Å². The molecule has 3 aromatic carbocycles. The molecule has 2 aliphatic rings. The van der Waals surface area contributed by atoms with E-state index in [1.165, 1.54) is 38.8 Å². The number of hydrogen-bond donors (Lipinski definition) is 2. The first-order valence-corrected chi connectivity index (χ1v) is 15.0. The Labute approximate surface area is 253 Å². The van der Waals surface area contributed by atoms with Crippen LogP contribution in [0.15, 0.2) is 60.7 Å². The third-order valence-electron chi connectivity index (χ3n) is 8.40. The fourth-order valence-corrected chi connectivity index (χ4v) is 6.83. The molecule has 1 aromatic heterocycles. The molecule has 0 radical (unpaired) electrons. The van der Waals surface area contributed by atoms with Crippen molar-refractivity contribution in [3.63, 3.8) is 0 Å². The molecule has 3 amide bonds. The Bertz CT molecular complexity index is 1750. The Morgan fingerprint density at radius 3 is 2.42 bits per heavy atom. The van der Waals surface area contributed by atoms with Gasteiger partial charge in [-0.1, -0.05) is 24.3 Å². The van der Waals surface area contributed by atoms with Crippen molar-refractivity contribution in [1.29, 1.82) is 0 Å². The standard InChI is InChI=1S/C33H32N4O5S/c1-19-14-21-6-4-5-7-23(21)18-37(19)31(39)28-16-24-17-36(33(41)42)13-12-22(24)15-27(28)29-20(2)43-30(34-29)32(40)35(3)25-8-10-26(38)11-9-25/h4-11,15-16,19,38H,12-14,17-18H2,1-3H3,(H,41,42)/t19-/m1/s1. The van der Waals surface area contributed by atoms with Crippen LogP contribution in [0, 0.1) is 6.92 Å². The number of carbonyl (C=O) groups excluding carboxylic acids is 2. The number of thiazole rings is 1. The third kappa shape index (κ3) is 5.34. The van der Waals surface area contributed by atoms with E-state index in [4.69, 9.17) is 4.98 Å². The summed E-state index contributed by atoms with van der Waals surface area (Å²) in [7, 11) is 1.66. The predicted molar refractivity (Wildman–Crippen MR) is 165 cm³/mol. The van der Waals surface area contributed by atoms with Gasteiger partial charge in [-0.2, -0.15) is 0 Å². The highest BCUT2D eigenvalue weighted by molar-refractivity contribution is 7.14. The monoisotopic (exact) mass is 596 g/mol. The highest BCUT2D eigenvalue weighted by Crippen LogP contribution is 2.36. The second kappa shape index (κ2) is 11.2. The van der Waals surface area contributed by atoms with E-state index in [-0.39, 0.29) is 35.2 Å². The molecule has 2 N–H and O–H groups in total. The summed E-state index contributed by atoms with van der Waals surface area (Å²) < 4.78 is 0. The molecule has 0 unspecified atom stereocenters. The minimum atomic E-state index is -0.986. The van der Waals surface area contributed by atoms with Crippen molar-refractivity contribution in [2.75, 3.05) is 18.5 Å². The molecule has 43 heavy (non-hydrogen) atoms. The van der Waals surface area contributed by atoms with Crippen LogP contribution < -0.4 is 4.90 Å². The number of carbonyl (C=O) groups is 3. The zero-order valence-electron chi connectivity index (χ0n) is 24.2. The van der Waals surface area contributed by atoms with Crippen LogP contribution in [0.1, 0.15) is 54.2 Å². The molecule has 220 valence electrons. The van der Waals surface area contributed by atoms with Crippen LogP contribution in [0.5, 0.6) is 5.75 Å². The van der Waals surface area contributed by atoms with E-state index in [1.807, 2.05) is 49.1 Å². The van der Waals surface area contributed by atoms with E-state index in [0.717, 1.165) is 28.0 Å². The smallest absolute Gasteiger partial charge is 0.407 e. The number of anilines is 1. The maximum absolute atomic E-state index is 14.4. The maximum atomic E-state index is 14.4. The molecule has 0 saturated heterocycles. The van der Waals surface area contributed by atoms with Crippen LogP contribution in [0.4, 0.5) is 10.5 Å². The number of rotatable bonds is 4. The van der Waals surface area contributed by atoms with Crippen LogP contribution >= 0.6 is 11.3 Å². The van der Waals surface area contributed by atoms with Gasteiger partial charge >= 0.3 is 6.09 Å². The first kappa shape index (κ1) is 28.4. The second-order valence-corrected chi connectivity index (χ2v) is 12.4. The number of benzene rings is 3. The molecule has 9 nitrogen and oxygen atoms in total. The average Bonchev–Trinajstić information content (AvgIpc) is 3.40. The van der Waals surface area contributed by atoms with Gasteiger partial charge in [0.15, 0.2) is 5.01 Å². The summed E-state index contributed by atoms with van der Waals surface area (Å²) in [6.45, 7) is 4.99. The van der Waals surface area contributed by atoms with Gasteiger partial charge < -0.3 is 24.9 Å². The molecule has 10 heteroatoms. The SMILES string of the molecule is Cc1sc(C(=O)N(C)c2ccc(O)cc2)nc1-c1cc2c(cc1C(=O)N1Cc3ccccc3C[C@H]1C)CN(C(=O)O)CC2. The fourth-order valence-electron chi connectivity index (χ4n) is 5.93. The number of aromatic hydroxyl groups is 1. The molecule has 0 fully saturated rings. The molecule has 4 aromatic rings. The van der Waals surface area contributed by atoms with Crippen LogP contribution in [0.2, 0.25) is 0 Å². The van der Waals surface area contributed by atoms with Gasteiger partial charge in [-0.3, -0.25) is 9.59 Å². The number of nitrogens with zero attached hydrogens (tertiary/aromatic N) is 4. The van der Waals surface area contributed by atoms with E-state index in [9.17, 15) is 24.6 Å². The van der Waals surface area contributed by atoms with Gasteiger partial charge in [0.1, 0.15) is 5.75 Å². The Kier molecular flexibility index (Phi) is 7.39. The Balaban J connectivity index is 1.41. The number of phenols is 1. The number of aromatic nitrogens is 1. The summed E-state index contributed by atoms with van der Waals surface area (Å²) in [5, 5.41) is 19.6. The number of carboxylic acid groups (broad SMARTS) is 1. The Hall–Kier alpha value is -4.70. The van der Waals surface area contributed by atoms with Crippen molar-refractivity contribution < 1.29 is 24.6 Å². The van der Waals surface area contributed by atoms with E-state index in [0.29, 0.717) is 42.0 Å². The molecular weight excluding hydrogens is 564 g/mol. The van der Waals surface area contributed by atoms with Gasteiger partial charge in [0.2, 0.25) is 0 Å². The molecule has 3 heterocycles. The lowest BCUT2D eigenvalue weighted by molar-refractivity contribution is 0.0658. The average molecular weight is 597 g/mol. The lowest BCUT2D eigenvalue weighted by atomic mass is 9.90. The number of amides is 3. The molecule has 1 atom stereocenters. The predicted octanol–water partition coefficient (Wildman–Crippen LogP) is 5.72. The summed E-state index contributed by atoms with van der Waals surface area (Å²) >= 11 is 1.27. The molecular formula is C33H32N4O5S. The van der Waals surface area contributed by atoms with E-state index in [2.05, 4.69) is 6.07 Å². The third-order valence-corrected chi connectivity index (χ3v) is 9.36. The molecule has 0 bridgehead atoms. The summed E-state index contributed by atoms with van der Waals surface area (Å²) in [5.41, 5.74) is 6.42. The van der Waals surface area contributed by atoms with Crippen LogP contribution in [0.3, 0.4) is 0 Å². The van der Waals surface area contributed by atoms with Gasteiger partial charge in [0, 0.05) is 54.4 Å². The van der Waals surface area contributed by atoms with E-state index in [1.54, 1.807) is 19.2 Å². The quantitative estimate of drug-likeness (QED) is 0.311. The van der Waals surface area contributed by atoms with Crippen molar-refractivity contribution in [2.45, 2.75) is 45.8 Å². The van der Waals surface area contributed by atoms with Gasteiger partial charge in [0.25, 0.3) is 11.8 Å². The number of hydrogen-bond acceptors (Lipinski definition) is 6. The number of phenolic OH excluding ortho intramolecular Hbond substituents is 1. The highest BCUT2D eigenvalue weighted by Gasteiger charge is 2.32. The topological polar surface area (TPSA) is 114 Å². The summed E-state index contributed by atoms with van der Waals surface area (Å²) in [6.07, 6.45) is 0.280. The summed E-state index contributed by atoms with van der Waals surface area (Å²) in [4.78, 5) is 49.9. The lowest BCUT2D eigenvalue weighted by Gasteiger charge is -2.36.